The van der Waals surface area contributed by atoms with Gasteiger partial charge in [0.2, 0.25) is 11.4 Å². The predicted octanol–water partition coefficient (Wildman–Crippen LogP) is 3.31. The quantitative estimate of drug-likeness (QED) is 0.440. The highest BCUT2D eigenvalue weighted by molar-refractivity contribution is 9.10. The molecule has 0 unspecified atom stereocenters. The maximum absolute atomic E-state index is 5.92. The van der Waals surface area contributed by atoms with Gasteiger partial charge in [-0.25, -0.2) is 0 Å². The van der Waals surface area contributed by atoms with Crippen molar-refractivity contribution in [3.8, 4) is 0 Å². The first-order valence-corrected chi connectivity index (χ1v) is 9.69. The molecule has 0 spiro atoms. The number of hydrogen-bond acceptors (Lipinski definition) is 2. The summed E-state index contributed by atoms with van der Waals surface area (Å²) in [7, 11) is 0. The first-order chi connectivity index (χ1) is 11.5. The second-order valence-electron chi connectivity index (χ2n) is 5.98. The molecule has 0 heterocycles. The largest absolute Gasteiger partial charge is 0.373 e. The smallest absolute Gasteiger partial charge is 0.226 e. The van der Waals surface area contributed by atoms with E-state index in [9.17, 15) is 0 Å². The third kappa shape index (κ3) is 6.89. The second-order valence-corrected chi connectivity index (χ2v) is 7.89. The molecule has 0 aliphatic heterocycles. The molecule has 2 aromatic rings. The molecular weight excluding hydrogens is 382 g/mol. The number of thioether (sulfide) groups is 1. The molecule has 0 radical (unpaired) electrons. The zero-order valence-corrected chi connectivity index (χ0v) is 16.4. The molecule has 0 atom stereocenters. The van der Waals surface area contributed by atoms with E-state index < -0.39 is 0 Å². The van der Waals surface area contributed by atoms with Crippen LogP contribution < -0.4 is 10.8 Å². The van der Waals surface area contributed by atoms with Gasteiger partial charge in [0.05, 0.1) is 0 Å². The Hall–Kier alpha value is -1.59. The van der Waals surface area contributed by atoms with Crippen LogP contribution in [-0.2, 0) is 12.2 Å². The molecule has 24 heavy (non-hydrogen) atoms. The van der Waals surface area contributed by atoms with Crippen molar-refractivity contribution in [3.63, 3.8) is 0 Å². The Morgan fingerprint density at radius 2 is 1.75 bits per heavy atom. The Bertz CT molecular complexity index is 692. The zero-order chi connectivity index (χ0) is 17.4. The molecule has 2 rings (SSSR count). The number of amidine groups is 1. The SMILES string of the molecule is CC(C)Cc1ccc(C=[NH+]N=C(N)SCc2ccc(Br)cc2)cc1. The summed E-state index contributed by atoms with van der Waals surface area (Å²) in [6.45, 7) is 4.45. The van der Waals surface area contributed by atoms with Crippen LogP contribution in [0.25, 0.3) is 0 Å². The van der Waals surface area contributed by atoms with E-state index in [1.807, 2.05) is 18.3 Å². The van der Waals surface area contributed by atoms with E-state index >= 15 is 0 Å². The lowest BCUT2D eigenvalue weighted by Crippen LogP contribution is -2.62. The van der Waals surface area contributed by atoms with Crippen LogP contribution >= 0.6 is 27.7 Å². The van der Waals surface area contributed by atoms with Crippen LogP contribution in [0.1, 0.15) is 30.5 Å². The van der Waals surface area contributed by atoms with E-state index in [4.69, 9.17) is 5.73 Å². The molecule has 0 aromatic heterocycles. The third-order valence-electron chi connectivity index (χ3n) is 3.33. The van der Waals surface area contributed by atoms with Gasteiger partial charge in [-0.15, -0.1) is 5.10 Å². The average molecular weight is 405 g/mol. The van der Waals surface area contributed by atoms with Gasteiger partial charge in [0, 0.05) is 20.9 Å². The van der Waals surface area contributed by atoms with Crippen molar-refractivity contribution in [2.45, 2.75) is 26.0 Å². The Balaban J connectivity index is 1.84. The van der Waals surface area contributed by atoms with Crippen molar-refractivity contribution in [1.29, 1.82) is 0 Å². The van der Waals surface area contributed by atoms with Crippen LogP contribution in [0.4, 0.5) is 0 Å². The summed E-state index contributed by atoms with van der Waals surface area (Å²) in [6, 6.07) is 16.7. The lowest BCUT2D eigenvalue weighted by atomic mass is 10.0. The van der Waals surface area contributed by atoms with Crippen LogP contribution in [0.2, 0.25) is 0 Å². The average Bonchev–Trinajstić information content (AvgIpc) is 2.55. The summed E-state index contributed by atoms with van der Waals surface area (Å²) >= 11 is 4.94. The highest BCUT2D eigenvalue weighted by Gasteiger charge is 2.00. The summed E-state index contributed by atoms with van der Waals surface area (Å²) in [4.78, 5) is 0. The first-order valence-electron chi connectivity index (χ1n) is 7.91. The molecule has 0 saturated carbocycles. The van der Waals surface area contributed by atoms with Gasteiger partial charge in [-0.1, -0.05) is 65.8 Å². The minimum absolute atomic E-state index is 0.519. The second kappa shape index (κ2) is 9.64. The van der Waals surface area contributed by atoms with Crippen molar-refractivity contribution in [1.82, 2.24) is 0 Å². The number of nitrogens with zero attached hydrogens (tertiary/aromatic N) is 1. The molecule has 126 valence electrons. The number of nitrogens with one attached hydrogen (secondary N) is 1. The Morgan fingerprint density at radius 1 is 1.12 bits per heavy atom. The number of benzene rings is 2. The van der Waals surface area contributed by atoms with Gasteiger partial charge in [0.15, 0.2) is 0 Å². The van der Waals surface area contributed by atoms with E-state index in [2.05, 4.69) is 76.4 Å². The van der Waals surface area contributed by atoms with Crippen molar-refractivity contribution in [3.05, 3.63) is 69.7 Å². The molecular formula is C19H23BrN3S+. The third-order valence-corrected chi connectivity index (χ3v) is 4.72. The minimum atomic E-state index is 0.519. The highest BCUT2D eigenvalue weighted by Crippen LogP contribution is 2.15. The minimum Gasteiger partial charge on any atom is -0.373 e. The fourth-order valence-electron chi connectivity index (χ4n) is 2.16. The van der Waals surface area contributed by atoms with Crippen LogP contribution in [0.5, 0.6) is 0 Å². The van der Waals surface area contributed by atoms with E-state index in [0.29, 0.717) is 11.1 Å². The van der Waals surface area contributed by atoms with E-state index in [1.165, 1.54) is 22.9 Å². The maximum Gasteiger partial charge on any atom is 0.226 e. The molecule has 0 bridgehead atoms. The normalized spacial score (nSPS) is 12.2. The lowest BCUT2D eigenvalue weighted by Gasteiger charge is -2.03. The van der Waals surface area contributed by atoms with Gasteiger partial charge in [-0.3, -0.25) is 0 Å². The summed E-state index contributed by atoms with van der Waals surface area (Å²) in [5.74, 6) is 1.47. The maximum atomic E-state index is 5.92. The Morgan fingerprint density at radius 3 is 2.38 bits per heavy atom. The van der Waals surface area contributed by atoms with Crippen LogP contribution in [-0.4, -0.2) is 11.4 Å². The topological polar surface area (TPSA) is 52.3 Å². The molecule has 0 saturated heterocycles. The number of hydrogen-bond donors (Lipinski definition) is 2. The number of rotatable bonds is 6. The Kier molecular flexibility index (Phi) is 7.53. The van der Waals surface area contributed by atoms with Gasteiger partial charge < -0.3 is 5.73 Å². The lowest BCUT2D eigenvalue weighted by molar-refractivity contribution is -0.456. The number of hydrazone groups is 1. The van der Waals surface area contributed by atoms with Crippen molar-refractivity contribution in [2.24, 2.45) is 16.8 Å². The Labute approximate surface area is 156 Å². The number of nitrogens with two attached hydrogens (primary N) is 1. The van der Waals surface area contributed by atoms with Crippen LogP contribution in [0.3, 0.4) is 0 Å². The zero-order valence-electron chi connectivity index (χ0n) is 14.0. The molecule has 3 nitrogen and oxygen atoms in total. The molecule has 0 aliphatic carbocycles. The molecule has 0 fully saturated rings. The van der Waals surface area contributed by atoms with Gasteiger partial charge in [0.1, 0.15) is 0 Å². The molecule has 5 heteroatoms. The molecule has 3 N–H and O–H groups in total. The molecule has 2 aromatic carbocycles. The van der Waals surface area contributed by atoms with Crippen LogP contribution in [0.15, 0.2) is 58.1 Å². The van der Waals surface area contributed by atoms with E-state index in [0.717, 1.165) is 22.2 Å². The van der Waals surface area contributed by atoms with E-state index in [-0.39, 0.29) is 0 Å². The standard InChI is InChI=1S/C19H22BrN3S/c1-14(2)11-15-3-5-16(6-4-15)12-22-23-19(21)24-13-17-7-9-18(20)10-8-17/h3-10,12,14H,11,13H2,1-2H3,(H2,21,23)/p+1. The van der Waals surface area contributed by atoms with E-state index in [1.54, 1.807) is 0 Å². The summed E-state index contributed by atoms with van der Waals surface area (Å²) in [6.07, 6.45) is 2.96. The molecule has 0 aliphatic rings. The van der Waals surface area contributed by atoms with Crippen molar-refractivity contribution >= 4 is 39.1 Å². The van der Waals surface area contributed by atoms with Crippen LogP contribution in [0, 0.1) is 5.92 Å². The van der Waals surface area contributed by atoms with Gasteiger partial charge in [0.25, 0.3) is 0 Å². The highest BCUT2D eigenvalue weighted by atomic mass is 79.9. The summed E-state index contributed by atoms with van der Waals surface area (Å²) in [5, 5.41) is 7.60. The predicted molar refractivity (Wildman–Crippen MR) is 108 cm³/mol. The number of halogens is 1. The fraction of sp³-hybridized carbons (Fsp3) is 0.263. The summed E-state index contributed by atoms with van der Waals surface area (Å²) < 4.78 is 1.08. The molecule has 0 amide bonds. The van der Waals surface area contributed by atoms with Crippen molar-refractivity contribution in [2.75, 3.05) is 0 Å². The summed E-state index contributed by atoms with van der Waals surface area (Å²) in [5.41, 5.74) is 9.57. The van der Waals surface area contributed by atoms with Gasteiger partial charge >= 0.3 is 0 Å². The van der Waals surface area contributed by atoms with Gasteiger partial charge in [-0.05, 0) is 47.7 Å². The van der Waals surface area contributed by atoms with Gasteiger partial charge in [-0.2, -0.15) is 0 Å². The monoisotopic (exact) mass is 404 g/mol. The first kappa shape index (κ1) is 18.7. The van der Waals surface area contributed by atoms with Crippen molar-refractivity contribution < 1.29 is 5.10 Å². The fourth-order valence-corrected chi connectivity index (χ4v) is 3.05.